The first-order valence-electron chi connectivity index (χ1n) is 6.34. The molecule has 18 heavy (non-hydrogen) atoms. The summed E-state index contributed by atoms with van der Waals surface area (Å²) in [7, 11) is 0. The zero-order valence-corrected chi connectivity index (χ0v) is 10.4. The van der Waals surface area contributed by atoms with Crippen molar-refractivity contribution in [2.24, 2.45) is 4.99 Å². The predicted octanol–water partition coefficient (Wildman–Crippen LogP) is 0.909. The van der Waals surface area contributed by atoms with Crippen LogP contribution in [0, 0.1) is 0 Å². The van der Waals surface area contributed by atoms with Crippen molar-refractivity contribution in [2.45, 2.75) is 44.6 Å². The Morgan fingerprint density at radius 2 is 1.94 bits per heavy atom. The second kappa shape index (κ2) is 7.81. The number of rotatable bonds is 2. The largest absolute Gasteiger partial charge is 0.480 e. The highest BCUT2D eigenvalue weighted by Crippen LogP contribution is 2.06. The number of carboxylic acids is 2. The van der Waals surface area contributed by atoms with Crippen LogP contribution in [0.3, 0.4) is 0 Å². The molecule has 0 aromatic rings. The van der Waals surface area contributed by atoms with Gasteiger partial charge >= 0.3 is 11.9 Å². The van der Waals surface area contributed by atoms with Gasteiger partial charge in [0.25, 0.3) is 0 Å². The maximum Gasteiger partial charge on any atom is 0.349 e. The number of carbonyl (C=O) groups is 2. The summed E-state index contributed by atoms with van der Waals surface area (Å²) in [5, 5.41) is 19.8. The molecule has 6 nitrogen and oxygen atoms in total. The van der Waals surface area contributed by atoms with Crippen molar-refractivity contribution in [3.63, 3.8) is 0 Å². The number of hydrogen-bond donors (Lipinski definition) is 3. The van der Waals surface area contributed by atoms with Crippen molar-refractivity contribution in [3.05, 3.63) is 0 Å². The molecule has 0 radical (unpaired) electrons. The first-order valence-corrected chi connectivity index (χ1v) is 6.34. The van der Waals surface area contributed by atoms with Gasteiger partial charge in [-0.05, 0) is 38.6 Å². The lowest BCUT2D eigenvalue weighted by Crippen LogP contribution is -2.40. The van der Waals surface area contributed by atoms with E-state index < -0.39 is 11.9 Å². The minimum absolute atomic E-state index is 0.279. The van der Waals surface area contributed by atoms with Crippen LogP contribution in [-0.2, 0) is 9.59 Å². The molecule has 2 aliphatic rings. The van der Waals surface area contributed by atoms with Crippen LogP contribution in [-0.4, -0.2) is 47.0 Å². The fourth-order valence-corrected chi connectivity index (χ4v) is 1.93. The molecule has 2 heterocycles. The van der Waals surface area contributed by atoms with E-state index in [4.69, 9.17) is 10.2 Å². The van der Waals surface area contributed by atoms with E-state index in [0.29, 0.717) is 18.7 Å². The van der Waals surface area contributed by atoms with E-state index in [1.807, 2.05) is 0 Å². The molecular formula is C12H20N2O4. The lowest BCUT2D eigenvalue weighted by Gasteiger charge is -2.18. The van der Waals surface area contributed by atoms with E-state index in [-0.39, 0.29) is 6.04 Å². The summed E-state index contributed by atoms with van der Waals surface area (Å²) in [6.45, 7) is 1.55. The van der Waals surface area contributed by atoms with Crippen LogP contribution in [0.15, 0.2) is 4.99 Å². The Labute approximate surface area is 106 Å². The molecule has 3 N–H and O–H groups in total. The van der Waals surface area contributed by atoms with Crippen LogP contribution >= 0.6 is 0 Å². The fraction of sp³-hybridized carbons (Fsp3) is 0.750. The van der Waals surface area contributed by atoms with Gasteiger partial charge in [-0.25, -0.2) is 4.79 Å². The molecule has 1 saturated heterocycles. The van der Waals surface area contributed by atoms with E-state index in [1.54, 1.807) is 0 Å². The average Bonchev–Trinajstić information content (AvgIpc) is 2.41. The maximum absolute atomic E-state index is 10.3. The molecule has 0 saturated carbocycles. The van der Waals surface area contributed by atoms with Crippen molar-refractivity contribution in [3.8, 4) is 0 Å². The maximum atomic E-state index is 10.3. The van der Waals surface area contributed by atoms with E-state index in [2.05, 4.69) is 10.3 Å². The minimum atomic E-state index is -0.852. The van der Waals surface area contributed by atoms with Crippen LogP contribution in [0.4, 0.5) is 0 Å². The zero-order valence-electron chi connectivity index (χ0n) is 10.4. The van der Waals surface area contributed by atoms with E-state index in [0.717, 1.165) is 38.6 Å². The fourth-order valence-electron chi connectivity index (χ4n) is 1.93. The summed E-state index contributed by atoms with van der Waals surface area (Å²) >= 11 is 0. The third-order valence-corrected chi connectivity index (χ3v) is 2.98. The predicted molar refractivity (Wildman–Crippen MR) is 67.1 cm³/mol. The molecule has 1 atom stereocenters. The second-order valence-electron chi connectivity index (χ2n) is 4.43. The molecule has 0 aromatic carbocycles. The molecule has 2 rings (SSSR count). The van der Waals surface area contributed by atoms with Crippen LogP contribution < -0.4 is 5.32 Å². The monoisotopic (exact) mass is 256 g/mol. The Balaban J connectivity index is 0.000000180. The Bertz CT molecular complexity index is 322. The van der Waals surface area contributed by atoms with Crippen LogP contribution in [0.2, 0.25) is 0 Å². The normalized spacial score (nSPS) is 23.3. The highest BCUT2D eigenvalue weighted by Gasteiger charge is 2.18. The Morgan fingerprint density at radius 3 is 2.28 bits per heavy atom. The highest BCUT2D eigenvalue weighted by molar-refractivity contribution is 6.35. The van der Waals surface area contributed by atoms with E-state index in [1.165, 1.54) is 0 Å². The smallest absolute Gasteiger partial charge is 0.349 e. The van der Waals surface area contributed by atoms with Gasteiger partial charge in [0.05, 0.1) is 0 Å². The number of piperidine rings is 1. The minimum Gasteiger partial charge on any atom is -0.480 e. The molecule has 1 fully saturated rings. The van der Waals surface area contributed by atoms with Gasteiger partial charge in [0, 0.05) is 6.54 Å². The Kier molecular flexibility index (Phi) is 6.35. The zero-order chi connectivity index (χ0) is 13.4. The Hall–Kier alpha value is -1.43. The Morgan fingerprint density at radius 1 is 1.17 bits per heavy atom. The van der Waals surface area contributed by atoms with Crippen molar-refractivity contribution in [1.82, 2.24) is 5.32 Å². The number of nitrogens with zero attached hydrogens (tertiary/aromatic N) is 1. The second-order valence-corrected chi connectivity index (χ2v) is 4.43. The first kappa shape index (κ1) is 14.6. The van der Waals surface area contributed by atoms with Crippen molar-refractivity contribution < 1.29 is 19.8 Å². The topological polar surface area (TPSA) is 99.0 Å². The number of hydrogen-bond acceptors (Lipinski definition) is 4. The third kappa shape index (κ3) is 5.27. The summed E-state index contributed by atoms with van der Waals surface area (Å²) in [6, 6.07) is -0.279. The van der Waals surface area contributed by atoms with Crippen molar-refractivity contribution in [2.75, 3.05) is 13.1 Å². The molecule has 6 heteroatoms. The van der Waals surface area contributed by atoms with Crippen molar-refractivity contribution >= 4 is 17.7 Å². The van der Waals surface area contributed by atoms with Gasteiger partial charge in [-0.3, -0.25) is 9.79 Å². The summed E-state index contributed by atoms with van der Waals surface area (Å²) in [5.41, 5.74) is 0.348. The molecule has 102 valence electrons. The number of aliphatic carboxylic acids is 2. The van der Waals surface area contributed by atoms with Crippen molar-refractivity contribution in [1.29, 1.82) is 0 Å². The number of carboxylic acid groups (broad SMARTS) is 2. The van der Waals surface area contributed by atoms with Gasteiger partial charge in [0.1, 0.15) is 11.8 Å². The van der Waals surface area contributed by atoms with Crippen LogP contribution in [0.5, 0.6) is 0 Å². The number of aliphatic imine (C=N–C) groups is 1. The highest BCUT2D eigenvalue weighted by atomic mass is 16.4. The van der Waals surface area contributed by atoms with E-state index >= 15 is 0 Å². The lowest BCUT2D eigenvalue weighted by molar-refractivity contribution is -0.140. The molecule has 0 aromatic heterocycles. The molecule has 0 bridgehead atoms. The average molecular weight is 256 g/mol. The summed E-state index contributed by atoms with van der Waals surface area (Å²) < 4.78 is 0. The van der Waals surface area contributed by atoms with Gasteiger partial charge in [0.15, 0.2) is 0 Å². The summed E-state index contributed by atoms with van der Waals surface area (Å²) in [6.07, 6.45) is 5.61. The molecule has 2 aliphatic heterocycles. The molecule has 0 aliphatic carbocycles. The van der Waals surface area contributed by atoms with Gasteiger partial charge in [0.2, 0.25) is 0 Å². The quantitative estimate of drug-likeness (QED) is 0.682. The molecule has 0 unspecified atom stereocenters. The standard InChI is InChI=1S/C6H11NO2.C6H9NO2/c2*8-6(9)5-3-1-2-4-7-5/h5,7H,1-4H2,(H,8,9);1-4H2,(H,8,9)/t5-;/m0./s1. The summed E-state index contributed by atoms with van der Waals surface area (Å²) in [4.78, 5) is 24.4. The SMILES string of the molecule is O=C(O)C1=NCCCC1.O=C(O)[C@@H]1CCCCN1. The van der Waals surface area contributed by atoms with Gasteiger partial charge < -0.3 is 15.5 Å². The molecule has 0 amide bonds. The molecular weight excluding hydrogens is 236 g/mol. The third-order valence-electron chi connectivity index (χ3n) is 2.98. The van der Waals surface area contributed by atoms with Gasteiger partial charge in [-0.1, -0.05) is 6.42 Å². The number of nitrogens with one attached hydrogen (secondary N) is 1. The molecule has 0 spiro atoms. The summed E-state index contributed by atoms with van der Waals surface area (Å²) in [5.74, 6) is -1.57. The lowest BCUT2D eigenvalue weighted by atomic mass is 10.1. The first-order chi connectivity index (χ1) is 8.61. The van der Waals surface area contributed by atoms with E-state index in [9.17, 15) is 9.59 Å². The van der Waals surface area contributed by atoms with Gasteiger partial charge in [-0.2, -0.15) is 0 Å². The van der Waals surface area contributed by atoms with Crippen LogP contribution in [0.1, 0.15) is 38.5 Å². The van der Waals surface area contributed by atoms with Gasteiger partial charge in [-0.15, -0.1) is 0 Å². The van der Waals surface area contributed by atoms with Crippen LogP contribution in [0.25, 0.3) is 0 Å².